The predicted octanol–water partition coefficient (Wildman–Crippen LogP) is 3.72. The number of halogens is 1. The Balaban J connectivity index is 1.96. The van der Waals surface area contributed by atoms with Gasteiger partial charge in [-0.15, -0.1) is 11.8 Å². The van der Waals surface area contributed by atoms with E-state index in [-0.39, 0.29) is 0 Å². The number of nitrogens with one attached hydrogen (secondary N) is 1. The van der Waals surface area contributed by atoms with E-state index in [1.165, 1.54) is 23.3 Å². The Morgan fingerprint density at radius 1 is 1.50 bits per heavy atom. The molecule has 2 nitrogen and oxygen atoms in total. The summed E-state index contributed by atoms with van der Waals surface area (Å²) in [5, 5.41) is 4.17. The second-order valence-corrected chi connectivity index (χ2v) is 5.98. The van der Waals surface area contributed by atoms with E-state index in [4.69, 9.17) is 16.3 Å². The molecule has 1 aromatic rings. The Hall–Kier alpha value is -0.220. The van der Waals surface area contributed by atoms with Crippen molar-refractivity contribution in [1.82, 2.24) is 5.32 Å². The molecule has 100 valence electrons. The maximum Gasteiger partial charge on any atom is 0.0669 e. The van der Waals surface area contributed by atoms with Crippen molar-refractivity contribution < 1.29 is 4.74 Å². The summed E-state index contributed by atoms with van der Waals surface area (Å²) in [6.07, 6.45) is 2.83. The van der Waals surface area contributed by atoms with E-state index in [0.717, 1.165) is 30.5 Å². The van der Waals surface area contributed by atoms with Gasteiger partial charge in [0.05, 0.1) is 6.10 Å². The predicted molar refractivity (Wildman–Crippen MR) is 78.5 cm³/mol. The van der Waals surface area contributed by atoms with Crippen molar-refractivity contribution in [3.05, 3.63) is 28.8 Å². The lowest BCUT2D eigenvalue weighted by Gasteiger charge is -2.13. The van der Waals surface area contributed by atoms with Gasteiger partial charge in [0.15, 0.2) is 0 Å². The van der Waals surface area contributed by atoms with Gasteiger partial charge >= 0.3 is 0 Å². The fourth-order valence-corrected chi connectivity index (χ4v) is 3.35. The molecule has 0 saturated carbocycles. The Morgan fingerprint density at radius 2 is 2.39 bits per heavy atom. The molecule has 1 aliphatic rings. The van der Waals surface area contributed by atoms with Crippen LogP contribution in [0.25, 0.3) is 0 Å². The van der Waals surface area contributed by atoms with Gasteiger partial charge in [-0.1, -0.05) is 18.5 Å². The fourth-order valence-electron chi connectivity index (χ4n) is 2.05. The van der Waals surface area contributed by atoms with Gasteiger partial charge in [-0.05, 0) is 43.1 Å². The van der Waals surface area contributed by atoms with Gasteiger partial charge in [0.1, 0.15) is 0 Å². The summed E-state index contributed by atoms with van der Waals surface area (Å²) in [4.78, 5) is 1.32. The molecule has 1 unspecified atom stereocenters. The lowest BCUT2D eigenvalue weighted by Crippen LogP contribution is -2.13. The van der Waals surface area contributed by atoms with E-state index in [2.05, 4.69) is 24.4 Å². The van der Waals surface area contributed by atoms with Crippen LogP contribution in [-0.4, -0.2) is 25.0 Å². The van der Waals surface area contributed by atoms with Crippen LogP contribution in [0.4, 0.5) is 0 Å². The topological polar surface area (TPSA) is 21.3 Å². The molecule has 1 aliphatic heterocycles. The lowest BCUT2D eigenvalue weighted by atomic mass is 10.2. The monoisotopic (exact) mass is 285 g/mol. The summed E-state index contributed by atoms with van der Waals surface area (Å²) < 4.78 is 5.66. The maximum atomic E-state index is 6.06. The molecule has 1 aromatic carbocycles. The van der Waals surface area contributed by atoms with E-state index in [1.54, 1.807) is 0 Å². The number of benzene rings is 1. The third-order valence-electron chi connectivity index (χ3n) is 3.04. The highest BCUT2D eigenvalue weighted by atomic mass is 35.5. The molecule has 1 fully saturated rings. The number of hydrogen-bond donors (Lipinski definition) is 1. The van der Waals surface area contributed by atoms with Crippen LogP contribution in [-0.2, 0) is 11.3 Å². The van der Waals surface area contributed by atoms with Crippen molar-refractivity contribution >= 4 is 23.4 Å². The van der Waals surface area contributed by atoms with Crippen molar-refractivity contribution in [2.24, 2.45) is 0 Å². The van der Waals surface area contributed by atoms with Crippen LogP contribution in [0, 0.1) is 0 Å². The van der Waals surface area contributed by atoms with Crippen LogP contribution in [0.5, 0.6) is 0 Å². The third-order valence-corrected chi connectivity index (χ3v) is 4.52. The molecule has 0 amide bonds. The van der Waals surface area contributed by atoms with E-state index in [9.17, 15) is 0 Å². The first kappa shape index (κ1) is 14.2. The Kier molecular flexibility index (Phi) is 5.83. The lowest BCUT2D eigenvalue weighted by molar-refractivity contribution is 0.129. The molecule has 0 aliphatic carbocycles. The quantitative estimate of drug-likeness (QED) is 0.805. The van der Waals surface area contributed by atoms with Crippen LogP contribution < -0.4 is 5.32 Å². The molecule has 2 rings (SSSR count). The van der Waals surface area contributed by atoms with Gasteiger partial charge in [-0.2, -0.15) is 0 Å². The normalized spacial score (nSPS) is 19.3. The standard InChI is InChI=1S/C14H20ClNOS/c1-2-16-9-11-8-12(15)5-6-14(11)18-10-13-4-3-7-17-13/h5-6,8,13,16H,2-4,7,9-10H2,1H3. The average Bonchev–Trinajstić information content (AvgIpc) is 2.88. The van der Waals surface area contributed by atoms with Crippen LogP contribution in [0.1, 0.15) is 25.3 Å². The first-order chi connectivity index (χ1) is 8.79. The summed E-state index contributed by atoms with van der Waals surface area (Å²) in [7, 11) is 0. The van der Waals surface area contributed by atoms with Crippen LogP contribution in [0.3, 0.4) is 0 Å². The van der Waals surface area contributed by atoms with E-state index in [0.29, 0.717) is 6.10 Å². The Morgan fingerprint density at radius 3 is 3.11 bits per heavy atom. The summed E-state index contributed by atoms with van der Waals surface area (Å²) in [6.45, 7) is 4.90. The van der Waals surface area contributed by atoms with E-state index >= 15 is 0 Å². The molecule has 0 bridgehead atoms. The van der Waals surface area contributed by atoms with Crippen LogP contribution >= 0.6 is 23.4 Å². The highest BCUT2D eigenvalue weighted by Crippen LogP contribution is 2.28. The SMILES string of the molecule is CCNCc1cc(Cl)ccc1SCC1CCCO1. The first-order valence-electron chi connectivity index (χ1n) is 6.53. The molecule has 4 heteroatoms. The zero-order valence-electron chi connectivity index (χ0n) is 10.7. The van der Waals surface area contributed by atoms with E-state index < -0.39 is 0 Å². The minimum absolute atomic E-state index is 0.428. The van der Waals surface area contributed by atoms with Crippen molar-refractivity contribution in [2.45, 2.75) is 37.3 Å². The van der Waals surface area contributed by atoms with Crippen LogP contribution in [0.15, 0.2) is 23.1 Å². The summed E-state index contributed by atoms with van der Waals surface area (Å²) in [6, 6.07) is 6.14. The zero-order valence-corrected chi connectivity index (χ0v) is 12.3. The summed E-state index contributed by atoms with van der Waals surface area (Å²) in [5.74, 6) is 1.04. The molecule has 1 heterocycles. The van der Waals surface area contributed by atoms with Crippen molar-refractivity contribution in [3.8, 4) is 0 Å². The first-order valence-corrected chi connectivity index (χ1v) is 7.89. The molecule has 1 saturated heterocycles. The highest BCUT2D eigenvalue weighted by molar-refractivity contribution is 7.99. The molecular weight excluding hydrogens is 266 g/mol. The maximum absolute atomic E-state index is 6.06. The molecule has 1 N–H and O–H groups in total. The molecule has 0 radical (unpaired) electrons. The number of hydrogen-bond acceptors (Lipinski definition) is 3. The van der Waals surface area contributed by atoms with Gasteiger partial charge in [-0.25, -0.2) is 0 Å². The zero-order chi connectivity index (χ0) is 12.8. The van der Waals surface area contributed by atoms with E-state index in [1.807, 2.05) is 17.8 Å². The molecule has 1 atom stereocenters. The largest absolute Gasteiger partial charge is 0.377 e. The summed E-state index contributed by atoms with van der Waals surface area (Å²) in [5.41, 5.74) is 1.28. The average molecular weight is 286 g/mol. The Bertz CT molecular complexity index is 380. The fraction of sp³-hybridized carbons (Fsp3) is 0.571. The summed E-state index contributed by atoms with van der Waals surface area (Å²) >= 11 is 7.94. The smallest absolute Gasteiger partial charge is 0.0669 e. The van der Waals surface area contributed by atoms with Gasteiger partial charge in [-0.3, -0.25) is 0 Å². The van der Waals surface area contributed by atoms with Gasteiger partial charge in [0, 0.05) is 28.8 Å². The third kappa shape index (κ3) is 4.16. The van der Waals surface area contributed by atoms with Crippen LogP contribution in [0.2, 0.25) is 5.02 Å². The molecule has 0 aromatic heterocycles. The van der Waals surface area contributed by atoms with Crippen molar-refractivity contribution in [1.29, 1.82) is 0 Å². The number of thioether (sulfide) groups is 1. The number of ether oxygens (including phenoxy) is 1. The molecular formula is C14H20ClNOS. The molecule has 18 heavy (non-hydrogen) atoms. The minimum Gasteiger partial charge on any atom is -0.377 e. The minimum atomic E-state index is 0.428. The highest BCUT2D eigenvalue weighted by Gasteiger charge is 2.16. The Labute approximate surface area is 118 Å². The second kappa shape index (κ2) is 7.39. The number of rotatable bonds is 6. The van der Waals surface area contributed by atoms with Gasteiger partial charge in [0.2, 0.25) is 0 Å². The van der Waals surface area contributed by atoms with Crippen molar-refractivity contribution in [2.75, 3.05) is 18.9 Å². The van der Waals surface area contributed by atoms with Gasteiger partial charge in [0.25, 0.3) is 0 Å². The molecule has 0 spiro atoms. The van der Waals surface area contributed by atoms with Crippen molar-refractivity contribution in [3.63, 3.8) is 0 Å². The second-order valence-electron chi connectivity index (χ2n) is 4.48. The van der Waals surface area contributed by atoms with Gasteiger partial charge < -0.3 is 10.1 Å².